The van der Waals surface area contributed by atoms with Gasteiger partial charge in [0, 0.05) is 51.9 Å². The standard InChI is InChI=1S/C37H42N4O7/c1-9-21-17(4)24-14-26-19(6)23(12-13-30(42)47-11-3)33(40-26)32-34-31(35(43)48-37(32,45)36(44)46-8)20(7)27(41-34)16-29-22(10-2)18(5)25(39-29)15-28(21)38-24/h9,14-16,19-20,23,31,34,38,45H,1,10-13H2,2-8H3/b24-14-,28-15-,29-16-,33-32+/t19-,20?,23-,31?,34?,37?/m0/s1. The van der Waals surface area contributed by atoms with Crippen molar-refractivity contribution in [1.82, 2.24) is 4.98 Å². The third kappa shape index (κ3) is 5.15. The molecule has 11 nitrogen and oxygen atoms in total. The van der Waals surface area contributed by atoms with Crippen molar-refractivity contribution in [3.05, 3.63) is 62.6 Å². The summed E-state index contributed by atoms with van der Waals surface area (Å²) < 4.78 is 15.9. The van der Waals surface area contributed by atoms with Gasteiger partial charge in [0.15, 0.2) is 0 Å². The molecule has 5 aliphatic rings. The highest BCUT2D eigenvalue weighted by Crippen LogP contribution is 2.49. The first-order chi connectivity index (χ1) is 22.9. The van der Waals surface area contributed by atoms with Crippen LogP contribution in [0.4, 0.5) is 0 Å². The Kier molecular flexibility index (Phi) is 8.61. The third-order valence-electron chi connectivity index (χ3n) is 10.4. The zero-order valence-corrected chi connectivity index (χ0v) is 28.5. The van der Waals surface area contributed by atoms with Gasteiger partial charge in [-0.05, 0) is 68.6 Å². The maximum atomic E-state index is 13.6. The molecule has 6 rings (SSSR count). The molecular formula is C37H42N4O7. The van der Waals surface area contributed by atoms with Crippen LogP contribution in [0.25, 0.3) is 18.2 Å². The van der Waals surface area contributed by atoms with Gasteiger partial charge in [-0.2, -0.15) is 0 Å². The van der Waals surface area contributed by atoms with Crippen LogP contribution in [0.15, 0.2) is 55.7 Å². The molecule has 1 fully saturated rings. The molecule has 2 N–H and O–H groups in total. The van der Waals surface area contributed by atoms with Gasteiger partial charge in [0.25, 0.3) is 0 Å². The van der Waals surface area contributed by atoms with E-state index in [0.29, 0.717) is 23.5 Å². The van der Waals surface area contributed by atoms with E-state index in [1.807, 2.05) is 52.0 Å². The van der Waals surface area contributed by atoms with Crippen molar-refractivity contribution in [2.24, 2.45) is 38.6 Å². The molecule has 8 bridgehead atoms. The number of allylic oxidation sites excluding steroid dienone is 4. The van der Waals surface area contributed by atoms with Crippen LogP contribution in [0.5, 0.6) is 0 Å². The molecule has 48 heavy (non-hydrogen) atoms. The van der Waals surface area contributed by atoms with Crippen LogP contribution < -0.4 is 10.7 Å². The van der Waals surface area contributed by atoms with E-state index in [1.165, 1.54) is 0 Å². The van der Waals surface area contributed by atoms with Crippen LogP contribution >= 0.6 is 0 Å². The number of rotatable bonds is 7. The predicted molar refractivity (Wildman–Crippen MR) is 182 cm³/mol. The lowest BCUT2D eigenvalue weighted by Crippen LogP contribution is -2.57. The van der Waals surface area contributed by atoms with Gasteiger partial charge in [-0.1, -0.05) is 33.4 Å². The largest absolute Gasteiger partial charge is 0.466 e. The first-order valence-electron chi connectivity index (χ1n) is 16.5. The van der Waals surface area contributed by atoms with Crippen LogP contribution in [0, 0.1) is 30.6 Å². The van der Waals surface area contributed by atoms with Crippen LogP contribution in [0.2, 0.25) is 0 Å². The van der Waals surface area contributed by atoms with Crippen molar-refractivity contribution in [3.63, 3.8) is 0 Å². The van der Waals surface area contributed by atoms with Crippen LogP contribution in [-0.2, 0) is 28.6 Å². The van der Waals surface area contributed by atoms with E-state index in [-0.39, 0.29) is 30.5 Å². The van der Waals surface area contributed by atoms with Crippen molar-refractivity contribution < 1.29 is 33.7 Å². The Balaban J connectivity index is 1.70. The van der Waals surface area contributed by atoms with Gasteiger partial charge in [0.05, 0.1) is 48.4 Å². The number of aromatic amines is 1. The van der Waals surface area contributed by atoms with Crippen LogP contribution in [-0.4, -0.2) is 70.7 Å². The number of nitrogens with zero attached hydrogens (tertiary/aromatic N) is 3. The summed E-state index contributed by atoms with van der Waals surface area (Å²) in [4.78, 5) is 58.3. The molecule has 0 radical (unpaired) electrons. The summed E-state index contributed by atoms with van der Waals surface area (Å²) in [6.45, 7) is 16.0. The fourth-order valence-corrected chi connectivity index (χ4v) is 7.66. The summed E-state index contributed by atoms with van der Waals surface area (Å²) in [5.74, 6) is -7.04. The van der Waals surface area contributed by atoms with E-state index in [4.69, 9.17) is 29.2 Å². The predicted octanol–water partition coefficient (Wildman–Crippen LogP) is 3.40. The minimum atomic E-state index is -2.77. The molecule has 1 saturated heterocycles. The normalized spacial score (nSPS) is 32.9. The topological polar surface area (TPSA) is 152 Å². The Morgan fingerprint density at radius 3 is 2.52 bits per heavy atom. The number of fused-ring (bicyclic) bond motifs is 4. The van der Waals surface area contributed by atoms with E-state index < -0.39 is 41.5 Å². The Hall–Kier alpha value is -4.64. The van der Waals surface area contributed by atoms with Gasteiger partial charge < -0.3 is 24.3 Å². The van der Waals surface area contributed by atoms with Gasteiger partial charge in [-0.3, -0.25) is 19.6 Å². The molecule has 0 aliphatic carbocycles. The summed E-state index contributed by atoms with van der Waals surface area (Å²) in [5.41, 5.74) is 7.16. The van der Waals surface area contributed by atoms with Crippen LogP contribution in [0.1, 0.15) is 65.0 Å². The number of aliphatic imine (C=N–C) groups is 3. The number of aromatic nitrogens is 1. The van der Waals surface area contributed by atoms with Gasteiger partial charge in [0.2, 0.25) is 0 Å². The smallest absolute Gasteiger partial charge is 0.384 e. The number of esters is 3. The van der Waals surface area contributed by atoms with Crippen LogP contribution in [0.3, 0.4) is 0 Å². The average molecular weight is 655 g/mol. The zero-order valence-electron chi connectivity index (χ0n) is 28.5. The van der Waals surface area contributed by atoms with E-state index >= 15 is 0 Å². The highest BCUT2D eigenvalue weighted by molar-refractivity contribution is 6.23. The summed E-state index contributed by atoms with van der Waals surface area (Å²) in [6, 6.07) is -0.974. The molecule has 1 aromatic rings. The SMILES string of the molecule is C=Cc1c(C)/c2[nH]/c1=C\C1=NC(=C\C3=NC4/C(=C5N=C(\C=2)[C@@H](C)[C@@H]\5CCC(=O)OCC)C(O)(C(=O)OC)OC(=O)C4C3C)/C(CC)=C1C. The summed E-state index contributed by atoms with van der Waals surface area (Å²) in [6.07, 6.45) is 8.78. The van der Waals surface area contributed by atoms with E-state index in [1.54, 1.807) is 6.92 Å². The molecule has 6 atom stereocenters. The van der Waals surface area contributed by atoms with Crippen molar-refractivity contribution in [3.8, 4) is 0 Å². The van der Waals surface area contributed by atoms with E-state index in [2.05, 4.69) is 18.5 Å². The number of ether oxygens (including phenoxy) is 3. The lowest BCUT2D eigenvalue weighted by molar-refractivity contribution is -0.225. The van der Waals surface area contributed by atoms with Gasteiger partial charge in [-0.25, -0.2) is 9.79 Å². The number of hydrogen-bond acceptors (Lipinski definition) is 10. The van der Waals surface area contributed by atoms with E-state index in [0.717, 1.165) is 57.9 Å². The quantitative estimate of drug-likeness (QED) is 0.338. The fourth-order valence-electron chi connectivity index (χ4n) is 7.66. The number of cyclic esters (lactones) is 1. The average Bonchev–Trinajstić information content (AvgIpc) is 3.72. The minimum absolute atomic E-state index is 0.0532. The van der Waals surface area contributed by atoms with Crippen molar-refractivity contribution in [1.29, 1.82) is 0 Å². The highest BCUT2D eigenvalue weighted by Gasteiger charge is 2.62. The first-order valence-corrected chi connectivity index (χ1v) is 16.5. The number of nitrogens with one attached hydrogen (secondary N) is 1. The second kappa shape index (κ2) is 12.4. The number of aliphatic hydroxyl groups is 1. The van der Waals surface area contributed by atoms with Crippen molar-refractivity contribution in [2.45, 2.75) is 72.6 Å². The van der Waals surface area contributed by atoms with Gasteiger partial charge >= 0.3 is 23.7 Å². The number of H-pyrrole nitrogens is 1. The number of carbonyl (C=O) groups excluding carboxylic acids is 3. The molecule has 4 unspecified atom stereocenters. The van der Waals surface area contributed by atoms with Crippen molar-refractivity contribution >= 4 is 53.3 Å². The Bertz CT molecular complexity index is 1950. The molecule has 0 spiro atoms. The second-order valence-electron chi connectivity index (χ2n) is 12.9. The second-order valence-corrected chi connectivity index (χ2v) is 12.9. The van der Waals surface area contributed by atoms with Gasteiger partial charge in [0.1, 0.15) is 0 Å². The molecular weight excluding hydrogens is 612 g/mol. The summed E-state index contributed by atoms with van der Waals surface area (Å²) in [5, 5.41) is 13.7. The number of methoxy groups -OCH3 is 1. The molecule has 0 aromatic carbocycles. The maximum absolute atomic E-state index is 13.6. The Labute approximate surface area is 279 Å². The maximum Gasteiger partial charge on any atom is 0.384 e. The summed E-state index contributed by atoms with van der Waals surface area (Å²) in [7, 11) is 1.12. The fraction of sp³-hybridized carbons (Fsp3) is 0.459. The number of carbonyl (C=O) groups is 3. The molecule has 6 heterocycles. The molecule has 252 valence electrons. The zero-order chi connectivity index (χ0) is 34.7. The molecule has 0 saturated carbocycles. The highest BCUT2D eigenvalue weighted by atomic mass is 16.7. The first kappa shape index (κ1) is 33.3. The molecule has 1 aromatic heterocycles. The number of hydrogen-bond donors (Lipinski definition) is 2. The van der Waals surface area contributed by atoms with Crippen molar-refractivity contribution in [2.75, 3.05) is 13.7 Å². The minimum Gasteiger partial charge on any atom is -0.466 e. The Morgan fingerprint density at radius 2 is 1.85 bits per heavy atom. The molecule has 5 aliphatic heterocycles. The lowest BCUT2D eigenvalue weighted by Gasteiger charge is -2.39. The molecule has 0 amide bonds. The summed E-state index contributed by atoms with van der Waals surface area (Å²) >= 11 is 0. The van der Waals surface area contributed by atoms with E-state index in [9.17, 15) is 19.5 Å². The molecule has 11 heteroatoms. The van der Waals surface area contributed by atoms with Gasteiger partial charge in [-0.15, -0.1) is 0 Å². The Morgan fingerprint density at radius 1 is 1.10 bits per heavy atom. The lowest BCUT2D eigenvalue weighted by atomic mass is 9.76. The monoisotopic (exact) mass is 654 g/mol. The third-order valence-corrected chi connectivity index (χ3v) is 10.4.